The lowest BCUT2D eigenvalue weighted by Crippen LogP contribution is -2.46. The topological polar surface area (TPSA) is 107 Å². The van der Waals surface area contributed by atoms with Crippen molar-refractivity contribution >= 4 is 33.3 Å². The van der Waals surface area contributed by atoms with E-state index in [-0.39, 0.29) is 36.1 Å². The van der Waals surface area contributed by atoms with Crippen LogP contribution in [0.2, 0.25) is 5.02 Å². The van der Waals surface area contributed by atoms with Gasteiger partial charge in [-0.1, -0.05) is 43.6 Å². The second-order valence-electron chi connectivity index (χ2n) is 7.29. The number of non-ortho nitro benzene ring substituents is 1. The molecule has 31 heavy (non-hydrogen) atoms. The zero-order chi connectivity index (χ0) is 23.2. The average molecular weight is 469 g/mol. The summed E-state index contributed by atoms with van der Waals surface area (Å²) >= 11 is 6.26. The molecule has 0 saturated heterocycles. The van der Waals surface area contributed by atoms with Gasteiger partial charge in [-0.3, -0.25) is 14.9 Å². The van der Waals surface area contributed by atoms with E-state index in [9.17, 15) is 23.3 Å². The predicted octanol–water partition coefficient (Wildman–Crippen LogP) is 4.42. The molecule has 168 valence electrons. The first-order chi connectivity index (χ1) is 14.6. The second kappa shape index (κ2) is 10.7. The van der Waals surface area contributed by atoms with Crippen LogP contribution < -0.4 is 0 Å². The Bertz CT molecular complexity index is 1020. The molecule has 0 spiro atoms. The maximum absolute atomic E-state index is 13.6. The Morgan fingerprint density at radius 2 is 1.77 bits per heavy atom. The molecule has 2 rings (SSSR count). The quantitative estimate of drug-likeness (QED) is 0.290. The van der Waals surface area contributed by atoms with Crippen LogP contribution in [0.5, 0.6) is 0 Å². The van der Waals surface area contributed by atoms with Crippen LogP contribution in [0.3, 0.4) is 0 Å². The Kier molecular flexibility index (Phi) is 8.55. The van der Waals surface area contributed by atoms with Crippen LogP contribution >= 0.6 is 11.6 Å². The molecule has 2 aromatic carbocycles. The van der Waals surface area contributed by atoms with E-state index in [1.165, 1.54) is 0 Å². The number of benzene rings is 2. The van der Waals surface area contributed by atoms with E-state index in [4.69, 9.17) is 16.3 Å². The van der Waals surface area contributed by atoms with Gasteiger partial charge in [-0.2, -0.15) is 4.31 Å². The maximum Gasteiger partial charge on any atom is 0.324 e. The Morgan fingerprint density at radius 1 is 1.16 bits per heavy atom. The zero-order valence-corrected chi connectivity index (χ0v) is 19.1. The van der Waals surface area contributed by atoms with E-state index in [1.807, 2.05) is 13.8 Å². The number of carbonyl (C=O) groups is 1. The molecule has 0 aliphatic heterocycles. The van der Waals surface area contributed by atoms with E-state index in [0.29, 0.717) is 10.6 Å². The van der Waals surface area contributed by atoms with E-state index < -0.39 is 27.0 Å². The van der Waals surface area contributed by atoms with Crippen LogP contribution in [0.15, 0.2) is 53.4 Å². The predicted molar refractivity (Wildman–Crippen MR) is 117 cm³/mol. The Hall–Kier alpha value is -2.49. The van der Waals surface area contributed by atoms with Crippen molar-refractivity contribution in [1.29, 1.82) is 0 Å². The third-order valence-corrected chi connectivity index (χ3v) is 6.78. The monoisotopic (exact) mass is 468 g/mol. The lowest BCUT2D eigenvalue weighted by atomic mass is 10.0. The van der Waals surface area contributed by atoms with Gasteiger partial charge in [0, 0.05) is 23.7 Å². The molecule has 0 N–H and O–H groups in total. The van der Waals surface area contributed by atoms with Crippen LogP contribution in [-0.4, -0.2) is 36.3 Å². The van der Waals surface area contributed by atoms with E-state index in [2.05, 4.69) is 0 Å². The van der Waals surface area contributed by atoms with Crippen molar-refractivity contribution in [3.8, 4) is 0 Å². The molecule has 8 nitrogen and oxygen atoms in total. The number of nitrogens with zero attached hydrogens (tertiary/aromatic N) is 2. The highest BCUT2D eigenvalue weighted by atomic mass is 35.5. The lowest BCUT2D eigenvalue weighted by Gasteiger charge is -2.30. The van der Waals surface area contributed by atoms with Gasteiger partial charge in [0.15, 0.2) is 0 Å². The van der Waals surface area contributed by atoms with Crippen LogP contribution in [0.4, 0.5) is 5.69 Å². The number of carbonyl (C=O) groups excluding carboxylic acids is 1. The fraction of sp³-hybridized carbons (Fsp3) is 0.381. The summed E-state index contributed by atoms with van der Waals surface area (Å²) in [5.74, 6) is -0.663. The van der Waals surface area contributed by atoms with E-state index >= 15 is 0 Å². The van der Waals surface area contributed by atoms with Crippen molar-refractivity contribution in [2.75, 3.05) is 6.61 Å². The van der Waals surface area contributed by atoms with Gasteiger partial charge in [0.25, 0.3) is 5.69 Å². The third kappa shape index (κ3) is 6.25. The van der Waals surface area contributed by atoms with E-state index in [1.54, 1.807) is 31.2 Å². The number of rotatable bonds is 10. The zero-order valence-electron chi connectivity index (χ0n) is 17.5. The van der Waals surface area contributed by atoms with Gasteiger partial charge in [-0.05, 0) is 43.0 Å². The van der Waals surface area contributed by atoms with Crippen molar-refractivity contribution < 1.29 is 22.9 Å². The number of esters is 1. The summed E-state index contributed by atoms with van der Waals surface area (Å²) in [5, 5.41) is 11.3. The number of halogens is 1. The van der Waals surface area contributed by atoms with Crippen molar-refractivity contribution in [3.05, 3.63) is 69.2 Å². The molecule has 0 saturated carbocycles. The van der Waals surface area contributed by atoms with Gasteiger partial charge in [0.05, 0.1) is 16.4 Å². The number of nitro benzene ring substituents is 1. The third-order valence-electron chi connectivity index (χ3n) is 4.54. The maximum atomic E-state index is 13.6. The highest BCUT2D eigenvalue weighted by Gasteiger charge is 2.37. The molecule has 0 aromatic heterocycles. The normalized spacial score (nSPS) is 12.7. The molecule has 0 heterocycles. The summed E-state index contributed by atoms with van der Waals surface area (Å²) in [6.45, 7) is 5.34. The first-order valence-corrected chi connectivity index (χ1v) is 11.6. The molecule has 0 radical (unpaired) electrons. The Labute approximate surface area is 187 Å². The fourth-order valence-corrected chi connectivity index (χ4v) is 4.81. The molecule has 0 aliphatic rings. The minimum Gasteiger partial charge on any atom is -0.465 e. The van der Waals surface area contributed by atoms with Crippen LogP contribution in [-0.2, 0) is 26.1 Å². The Balaban J connectivity index is 2.59. The van der Waals surface area contributed by atoms with Crippen molar-refractivity contribution in [2.45, 2.75) is 44.7 Å². The molecule has 2 aromatic rings. The minimum absolute atomic E-state index is 0.00443. The van der Waals surface area contributed by atoms with Crippen molar-refractivity contribution in [1.82, 2.24) is 4.31 Å². The van der Waals surface area contributed by atoms with Gasteiger partial charge in [-0.25, -0.2) is 8.42 Å². The number of sulfonamides is 1. The molecule has 0 fully saturated rings. The largest absolute Gasteiger partial charge is 0.465 e. The van der Waals surface area contributed by atoms with E-state index in [0.717, 1.165) is 28.6 Å². The SMILES string of the molecule is CCOC(=O)C(CC(C)C)N(Cc1ccccc1Cl)S(=O)(=O)c1ccc([N+](=O)[O-])cc1. The van der Waals surface area contributed by atoms with Gasteiger partial charge in [0.2, 0.25) is 10.0 Å². The summed E-state index contributed by atoms with van der Waals surface area (Å²) in [7, 11) is -4.22. The minimum atomic E-state index is -4.22. The van der Waals surface area contributed by atoms with Crippen molar-refractivity contribution in [3.63, 3.8) is 0 Å². The molecule has 10 heteroatoms. The first-order valence-electron chi connectivity index (χ1n) is 9.74. The van der Waals surface area contributed by atoms with Gasteiger partial charge in [-0.15, -0.1) is 0 Å². The lowest BCUT2D eigenvalue weighted by molar-refractivity contribution is -0.384. The average Bonchev–Trinajstić information content (AvgIpc) is 2.71. The molecule has 1 unspecified atom stereocenters. The number of nitro groups is 1. The highest BCUT2D eigenvalue weighted by Crippen LogP contribution is 2.28. The number of ether oxygens (including phenoxy) is 1. The smallest absolute Gasteiger partial charge is 0.324 e. The van der Waals surface area contributed by atoms with Crippen LogP contribution in [0.1, 0.15) is 32.8 Å². The summed E-state index contributed by atoms with van der Waals surface area (Å²) in [6, 6.07) is 10.2. The number of hydrogen-bond donors (Lipinski definition) is 0. The second-order valence-corrected chi connectivity index (χ2v) is 9.59. The molecular formula is C21H25ClN2O6S. The molecular weight excluding hydrogens is 444 g/mol. The van der Waals surface area contributed by atoms with Crippen LogP contribution in [0.25, 0.3) is 0 Å². The molecule has 0 aliphatic carbocycles. The first kappa shape index (κ1) is 24.8. The summed E-state index contributed by atoms with van der Waals surface area (Å²) in [5.41, 5.74) is 0.286. The highest BCUT2D eigenvalue weighted by molar-refractivity contribution is 7.89. The molecule has 0 amide bonds. The summed E-state index contributed by atoms with van der Waals surface area (Å²) in [4.78, 5) is 22.9. The Morgan fingerprint density at radius 3 is 2.29 bits per heavy atom. The standard InChI is InChI=1S/C21H25ClN2O6S/c1-4-30-21(25)20(13-15(2)3)23(14-16-7-5-6-8-19(16)22)31(28,29)18-11-9-17(10-12-18)24(26)27/h5-12,15,20H,4,13-14H2,1-3H3. The number of hydrogen-bond acceptors (Lipinski definition) is 6. The molecule has 1 atom stereocenters. The fourth-order valence-electron chi connectivity index (χ4n) is 3.05. The molecule has 0 bridgehead atoms. The van der Waals surface area contributed by atoms with Crippen molar-refractivity contribution in [2.24, 2.45) is 5.92 Å². The van der Waals surface area contributed by atoms with Gasteiger partial charge in [0.1, 0.15) is 6.04 Å². The van der Waals surface area contributed by atoms with Crippen LogP contribution in [0, 0.1) is 16.0 Å². The summed E-state index contributed by atoms with van der Waals surface area (Å²) in [6.07, 6.45) is 0.232. The van der Waals surface area contributed by atoms with Gasteiger partial charge >= 0.3 is 5.97 Å². The van der Waals surface area contributed by atoms with Gasteiger partial charge < -0.3 is 4.74 Å². The summed E-state index contributed by atoms with van der Waals surface area (Å²) < 4.78 is 33.4.